The third kappa shape index (κ3) is 7.10. The van der Waals surface area contributed by atoms with Gasteiger partial charge in [-0.15, -0.1) is 0 Å². The van der Waals surface area contributed by atoms with Crippen molar-refractivity contribution in [3.63, 3.8) is 0 Å². The van der Waals surface area contributed by atoms with Gasteiger partial charge in [0.2, 0.25) is 0 Å². The van der Waals surface area contributed by atoms with E-state index in [-0.39, 0.29) is 0 Å². The Labute approximate surface area is 131 Å². The van der Waals surface area contributed by atoms with Gasteiger partial charge in [0, 0.05) is 19.1 Å². The van der Waals surface area contributed by atoms with Crippen molar-refractivity contribution in [1.29, 1.82) is 0 Å². The molecular weight excluding hydrogens is 256 g/mol. The topological polar surface area (TPSA) is 15.3 Å². The summed E-state index contributed by atoms with van der Waals surface area (Å²) < 4.78 is 0. The highest BCUT2D eigenvalue weighted by atomic mass is 15.1. The Bertz CT molecular complexity index is 370. The summed E-state index contributed by atoms with van der Waals surface area (Å²) in [5, 5.41) is 3.70. The first-order valence-corrected chi connectivity index (χ1v) is 8.57. The molecule has 1 unspecified atom stereocenters. The van der Waals surface area contributed by atoms with Gasteiger partial charge in [-0.05, 0) is 43.5 Å². The summed E-state index contributed by atoms with van der Waals surface area (Å²) in [4.78, 5) is 2.44. The maximum absolute atomic E-state index is 3.70. The molecule has 1 rings (SSSR count). The molecular formula is C19H34N2. The van der Waals surface area contributed by atoms with Gasteiger partial charge >= 0.3 is 0 Å². The van der Waals surface area contributed by atoms with E-state index >= 15 is 0 Å². The highest BCUT2D eigenvalue weighted by Crippen LogP contribution is 2.16. The predicted molar refractivity (Wildman–Crippen MR) is 93.8 cm³/mol. The van der Waals surface area contributed by atoms with Crippen LogP contribution in [0.1, 0.15) is 57.7 Å². The molecule has 0 aromatic heterocycles. The fourth-order valence-electron chi connectivity index (χ4n) is 2.82. The van der Waals surface area contributed by atoms with Crippen molar-refractivity contribution in [3.05, 3.63) is 35.4 Å². The third-order valence-electron chi connectivity index (χ3n) is 3.73. The van der Waals surface area contributed by atoms with Crippen LogP contribution in [0, 0.1) is 5.92 Å². The molecule has 0 radical (unpaired) electrons. The fraction of sp³-hybridized carbons (Fsp3) is 0.684. The van der Waals surface area contributed by atoms with Crippen molar-refractivity contribution in [2.45, 2.75) is 53.0 Å². The van der Waals surface area contributed by atoms with Gasteiger partial charge < -0.3 is 10.2 Å². The minimum Gasteiger partial charge on any atom is -0.309 e. The molecule has 0 saturated carbocycles. The maximum atomic E-state index is 3.70. The molecule has 0 heterocycles. The Kier molecular flexibility index (Phi) is 8.63. The Balaban J connectivity index is 2.71. The average Bonchev–Trinajstić information content (AvgIpc) is 2.44. The molecule has 21 heavy (non-hydrogen) atoms. The van der Waals surface area contributed by atoms with Gasteiger partial charge in [-0.2, -0.15) is 0 Å². The third-order valence-corrected chi connectivity index (χ3v) is 3.73. The second-order valence-electron chi connectivity index (χ2n) is 6.61. The van der Waals surface area contributed by atoms with E-state index in [2.05, 4.69) is 69.2 Å². The van der Waals surface area contributed by atoms with E-state index in [0.717, 1.165) is 19.6 Å². The van der Waals surface area contributed by atoms with E-state index in [1.165, 1.54) is 30.4 Å². The molecule has 0 spiro atoms. The Hall–Kier alpha value is -0.860. The highest BCUT2D eigenvalue weighted by Gasteiger charge is 2.14. The summed E-state index contributed by atoms with van der Waals surface area (Å²) >= 11 is 0. The van der Waals surface area contributed by atoms with Crippen molar-refractivity contribution in [2.24, 2.45) is 5.92 Å². The van der Waals surface area contributed by atoms with E-state index in [1.807, 2.05) is 0 Å². The molecule has 0 fully saturated rings. The van der Waals surface area contributed by atoms with Crippen LogP contribution in [0.2, 0.25) is 0 Å². The van der Waals surface area contributed by atoms with Crippen LogP contribution in [0.5, 0.6) is 0 Å². The first-order chi connectivity index (χ1) is 10.1. The summed E-state index contributed by atoms with van der Waals surface area (Å²) in [5.74, 6) is 0.716. The van der Waals surface area contributed by atoms with Crippen LogP contribution < -0.4 is 5.32 Å². The molecule has 120 valence electrons. The lowest BCUT2D eigenvalue weighted by molar-refractivity contribution is 0.262. The number of likely N-dealkylation sites (N-methyl/N-ethyl adjacent to an activating group) is 1. The standard InChI is InChI=1S/C19H34N2/c1-6-8-17-9-11-18(12-10-17)19(20-13-7-2)15-21(5)14-16(3)4/h9-12,16,19-20H,6-8,13-15H2,1-5H3. The van der Waals surface area contributed by atoms with Gasteiger partial charge in [0.25, 0.3) is 0 Å². The van der Waals surface area contributed by atoms with Crippen LogP contribution in [0.25, 0.3) is 0 Å². The summed E-state index contributed by atoms with van der Waals surface area (Å²) in [6.07, 6.45) is 3.58. The van der Waals surface area contributed by atoms with Crippen LogP contribution in [0.15, 0.2) is 24.3 Å². The van der Waals surface area contributed by atoms with E-state index in [4.69, 9.17) is 0 Å². The smallest absolute Gasteiger partial charge is 0.0449 e. The zero-order chi connectivity index (χ0) is 15.7. The molecule has 0 aliphatic carbocycles. The van der Waals surface area contributed by atoms with E-state index < -0.39 is 0 Å². The molecule has 1 N–H and O–H groups in total. The summed E-state index contributed by atoms with van der Waals surface area (Å²) in [6.45, 7) is 12.3. The second-order valence-corrected chi connectivity index (χ2v) is 6.61. The van der Waals surface area contributed by atoms with Crippen LogP contribution >= 0.6 is 0 Å². The Morgan fingerprint density at radius 3 is 2.19 bits per heavy atom. The Morgan fingerprint density at radius 2 is 1.67 bits per heavy atom. The van der Waals surface area contributed by atoms with Gasteiger partial charge in [-0.1, -0.05) is 58.4 Å². The van der Waals surface area contributed by atoms with Gasteiger partial charge in [0.05, 0.1) is 0 Å². The lowest BCUT2D eigenvalue weighted by atomic mass is 10.0. The molecule has 0 aliphatic rings. The minimum absolute atomic E-state index is 0.435. The number of nitrogens with one attached hydrogen (secondary N) is 1. The molecule has 2 heteroatoms. The second kappa shape index (κ2) is 9.97. The van der Waals surface area contributed by atoms with Gasteiger partial charge in [-0.25, -0.2) is 0 Å². The number of hydrogen-bond acceptors (Lipinski definition) is 2. The monoisotopic (exact) mass is 290 g/mol. The highest BCUT2D eigenvalue weighted by molar-refractivity contribution is 5.25. The molecule has 2 nitrogen and oxygen atoms in total. The van der Waals surface area contributed by atoms with Gasteiger partial charge in [-0.3, -0.25) is 0 Å². The minimum atomic E-state index is 0.435. The quantitative estimate of drug-likeness (QED) is 0.692. The van der Waals surface area contributed by atoms with Crippen molar-refractivity contribution in [2.75, 3.05) is 26.7 Å². The molecule has 0 bridgehead atoms. The SMILES string of the molecule is CCCNC(CN(C)CC(C)C)c1ccc(CCC)cc1. The lowest BCUT2D eigenvalue weighted by Gasteiger charge is -2.26. The number of hydrogen-bond donors (Lipinski definition) is 1. The molecule has 1 aromatic carbocycles. The number of aryl methyl sites for hydroxylation is 1. The van der Waals surface area contributed by atoms with Gasteiger partial charge in [0.15, 0.2) is 0 Å². The fourth-order valence-corrected chi connectivity index (χ4v) is 2.82. The van der Waals surface area contributed by atoms with Crippen LogP contribution in [0.3, 0.4) is 0 Å². The molecule has 1 aromatic rings. The molecule has 0 amide bonds. The van der Waals surface area contributed by atoms with Crippen LogP contribution in [-0.2, 0) is 6.42 Å². The largest absolute Gasteiger partial charge is 0.309 e. The summed E-state index contributed by atoms with van der Waals surface area (Å²) in [5.41, 5.74) is 2.87. The molecule has 0 saturated heterocycles. The maximum Gasteiger partial charge on any atom is 0.0449 e. The first-order valence-electron chi connectivity index (χ1n) is 8.57. The van der Waals surface area contributed by atoms with E-state index in [0.29, 0.717) is 12.0 Å². The molecule has 0 aliphatic heterocycles. The zero-order valence-corrected chi connectivity index (χ0v) is 14.7. The zero-order valence-electron chi connectivity index (χ0n) is 14.7. The van der Waals surface area contributed by atoms with E-state index in [1.54, 1.807) is 0 Å². The number of benzene rings is 1. The normalized spacial score (nSPS) is 13.1. The molecule has 1 atom stereocenters. The van der Waals surface area contributed by atoms with Crippen molar-refractivity contribution in [3.8, 4) is 0 Å². The van der Waals surface area contributed by atoms with Gasteiger partial charge in [0.1, 0.15) is 0 Å². The number of rotatable bonds is 10. The average molecular weight is 290 g/mol. The van der Waals surface area contributed by atoms with E-state index in [9.17, 15) is 0 Å². The Morgan fingerprint density at radius 1 is 1.00 bits per heavy atom. The summed E-state index contributed by atoms with van der Waals surface area (Å²) in [7, 11) is 2.23. The van der Waals surface area contributed by atoms with Crippen molar-refractivity contribution >= 4 is 0 Å². The number of nitrogens with zero attached hydrogens (tertiary/aromatic N) is 1. The lowest BCUT2D eigenvalue weighted by Crippen LogP contribution is -2.35. The van der Waals surface area contributed by atoms with Crippen molar-refractivity contribution < 1.29 is 0 Å². The van der Waals surface area contributed by atoms with Crippen molar-refractivity contribution in [1.82, 2.24) is 10.2 Å². The van der Waals surface area contributed by atoms with Crippen LogP contribution in [0.4, 0.5) is 0 Å². The first kappa shape index (κ1) is 18.2. The van der Waals surface area contributed by atoms with Crippen LogP contribution in [-0.4, -0.2) is 31.6 Å². The summed E-state index contributed by atoms with van der Waals surface area (Å²) in [6, 6.07) is 9.64. The predicted octanol–water partition coefficient (Wildman–Crippen LogP) is 4.27.